The molecule has 4 nitrogen and oxygen atoms in total. The Balaban J connectivity index is 2.47. The van der Waals surface area contributed by atoms with Crippen molar-refractivity contribution in [2.45, 2.75) is 31.5 Å². The molecule has 0 spiro atoms. The van der Waals surface area contributed by atoms with Crippen molar-refractivity contribution in [1.82, 2.24) is 0 Å². The van der Waals surface area contributed by atoms with Gasteiger partial charge in [0.25, 0.3) is 10.1 Å². The molecule has 2 aliphatic carbocycles. The van der Waals surface area contributed by atoms with Gasteiger partial charge in [0, 0.05) is 22.1 Å². The summed E-state index contributed by atoms with van der Waals surface area (Å²) in [6, 6.07) is 0. The SMILES string of the molecule is CC1(CS(=O)(=O)O)C2CC(=O)C1(C)C(Br)C2. The van der Waals surface area contributed by atoms with Gasteiger partial charge in [0.2, 0.25) is 0 Å². The molecule has 2 aliphatic rings. The molecule has 4 unspecified atom stereocenters. The van der Waals surface area contributed by atoms with Gasteiger partial charge < -0.3 is 0 Å². The number of fused-ring (bicyclic) bond motifs is 2. The third-order valence-corrected chi connectivity index (χ3v) is 6.95. The van der Waals surface area contributed by atoms with Crippen LogP contribution in [0.5, 0.6) is 0 Å². The van der Waals surface area contributed by atoms with Gasteiger partial charge in [0.15, 0.2) is 0 Å². The van der Waals surface area contributed by atoms with Gasteiger partial charge >= 0.3 is 0 Å². The van der Waals surface area contributed by atoms with Crippen molar-refractivity contribution >= 4 is 31.8 Å². The van der Waals surface area contributed by atoms with Crippen LogP contribution in [0.4, 0.5) is 0 Å². The first kappa shape index (κ1) is 12.5. The van der Waals surface area contributed by atoms with Crippen LogP contribution in [0.2, 0.25) is 0 Å². The lowest BCUT2D eigenvalue weighted by Gasteiger charge is -2.37. The van der Waals surface area contributed by atoms with Crippen LogP contribution >= 0.6 is 15.9 Å². The number of Topliss-reactive ketones (excluding diaryl/α,β-unsaturated/α-hetero) is 1. The molecule has 0 aromatic carbocycles. The maximum atomic E-state index is 12.0. The number of hydrogen-bond acceptors (Lipinski definition) is 3. The smallest absolute Gasteiger partial charge is 0.265 e. The molecule has 0 aromatic rings. The summed E-state index contributed by atoms with van der Waals surface area (Å²) >= 11 is 3.48. The van der Waals surface area contributed by atoms with Gasteiger partial charge in [-0.3, -0.25) is 9.35 Å². The zero-order valence-corrected chi connectivity index (χ0v) is 11.6. The molecular weight excluding hydrogens is 296 g/mol. The molecular formula is C10H15BrO4S. The van der Waals surface area contributed by atoms with E-state index in [1.54, 1.807) is 6.92 Å². The highest BCUT2D eigenvalue weighted by atomic mass is 79.9. The van der Waals surface area contributed by atoms with Crippen LogP contribution in [0.1, 0.15) is 26.7 Å². The Labute approximate surface area is 104 Å². The molecule has 6 heteroatoms. The lowest BCUT2D eigenvalue weighted by molar-refractivity contribution is -0.127. The first-order chi connectivity index (χ1) is 7.11. The second-order valence-corrected chi connectivity index (χ2v) is 7.93. The summed E-state index contributed by atoms with van der Waals surface area (Å²) in [7, 11) is -4.05. The second kappa shape index (κ2) is 3.29. The summed E-state index contributed by atoms with van der Waals surface area (Å²) in [6.07, 6.45) is 1.24. The molecule has 0 radical (unpaired) electrons. The predicted octanol–water partition coefficient (Wildman–Crippen LogP) is 1.64. The molecule has 0 aliphatic heterocycles. The third-order valence-electron chi connectivity index (χ3n) is 4.70. The highest BCUT2D eigenvalue weighted by Gasteiger charge is 2.68. The van der Waals surface area contributed by atoms with E-state index in [-0.39, 0.29) is 22.3 Å². The zero-order valence-electron chi connectivity index (χ0n) is 9.23. The lowest BCUT2D eigenvalue weighted by atomic mass is 9.70. The molecule has 2 fully saturated rings. The summed E-state index contributed by atoms with van der Waals surface area (Å²) in [5.74, 6) is -0.164. The minimum absolute atomic E-state index is 0.0120. The van der Waals surface area contributed by atoms with Crippen LogP contribution in [-0.4, -0.2) is 29.3 Å². The van der Waals surface area contributed by atoms with E-state index in [0.29, 0.717) is 6.42 Å². The minimum Gasteiger partial charge on any atom is -0.299 e. The number of carbonyl (C=O) groups excluding carboxylic acids is 1. The first-order valence-electron chi connectivity index (χ1n) is 5.24. The zero-order chi connectivity index (χ0) is 12.4. The van der Waals surface area contributed by atoms with E-state index >= 15 is 0 Å². The van der Waals surface area contributed by atoms with Gasteiger partial charge in [-0.15, -0.1) is 0 Å². The van der Waals surface area contributed by atoms with Crippen LogP contribution < -0.4 is 0 Å². The second-order valence-electron chi connectivity index (χ2n) is 5.37. The summed E-state index contributed by atoms with van der Waals surface area (Å²) in [5, 5.41) is 0. The van der Waals surface area contributed by atoms with E-state index in [2.05, 4.69) is 15.9 Å². The van der Waals surface area contributed by atoms with Crippen LogP contribution in [0.25, 0.3) is 0 Å². The number of halogens is 1. The average Bonchev–Trinajstić information content (AvgIpc) is 2.34. The van der Waals surface area contributed by atoms with E-state index < -0.39 is 20.9 Å². The first-order valence-corrected chi connectivity index (χ1v) is 7.76. The predicted molar refractivity (Wildman–Crippen MR) is 63.1 cm³/mol. The highest BCUT2D eigenvalue weighted by molar-refractivity contribution is 9.09. The van der Waals surface area contributed by atoms with E-state index in [0.717, 1.165) is 6.42 Å². The van der Waals surface area contributed by atoms with Crippen LogP contribution in [-0.2, 0) is 14.9 Å². The fraction of sp³-hybridized carbons (Fsp3) is 0.900. The number of rotatable bonds is 2. The molecule has 2 rings (SSSR count). The summed E-state index contributed by atoms with van der Waals surface area (Å²) < 4.78 is 31.2. The van der Waals surface area contributed by atoms with Crippen molar-refractivity contribution in [2.24, 2.45) is 16.7 Å². The molecule has 2 saturated carbocycles. The summed E-state index contributed by atoms with van der Waals surface area (Å²) in [4.78, 5) is 12.0. The van der Waals surface area contributed by atoms with Gasteiger partial charge in [-0.2, -0.15) is 8.42 Å². The average molecular weight is 311 g/mol. The van der Waals surface area contributed by atoms with Gasteiger partial charge in [-0.05, 0) is 12.3 Å². The normalized spacial score (nSPS) is 47.6. The molecule has 2 bridgehead atoms. The lowest BCUT2D eigenvalue weighted by Crippen LogP contribution is -2.44. The Morgan fingerprint density at radius 3 is 2.44 bits per heavy atom. The number of carbonyl (C=O) groups is 1. The minimum atomic E-state index is -4.05. The van der Waals surface area contributed by atoms with Crippen molar-refractivity contribution < 1.29 is 17.8 Å². The van der Waals surface area contributed by atoms with E-state index in [1.165, 1.54) is 0 Å². The van der Waals surface area contributed by atoms with Gasteiger partial charge in [-0.1, -0.05) is 29.8 Å². The topological polar surface area (TPSA) is 71.4 Å². The standard InChI is InChI=1S/C10H15BrO4S/c1-9(5-16(13,14)15)6-3-7(11)10(9,2)8(12)4-6/h6-7H,3-5H2,1-2H3,(H,13,14,15). The summed E-state index contributed by atoms with van der Waals surface area (Å²) in [6.45, 7) is 3.62. The van der Waals surface area contributed by atoms with Crippen LogP contribution in [0.15, 0.2) is 0 Å². The quantitative estimate of drug-likeness (QED) is 0.622. The number of alkyl halides is 1. The summed E-state index contributed by atoms with van der Waals surface area (Å²) in [5.41, 5.74) is -1.32. The van der Waals surface area contributed by atoms with Gasteiger partial charge in [0.1, 0.15) is 5.78 Å². The van der Waals surface area contributed by atoms with Crippen molar-refractivity contribution in [3.05, 3.63) is 0 Å². The van der Waals surface area contributed by atoms with Gasteiger partial charge in [0.05, 0.1) is 5.75 Å². The Morgan fingerprint density at radius 1 is 1.50 bits per heavy atom. The van der Waals surface area contributed by atoms with E-state index in [4.69, 9.17) is 4.55 Å². The van der Waals surface area contributed by atoms with Gasteiger partial charge in [-0.25, -0.2) is 0 Å². The third kappa shape index (κ3) is 1.42. The van der Waals surface area contributed by atoms with Crippen molar-refractivity contribution in [3.63, 3.8) is 0 Å². The monoisotopic (exact) mass is 310 g/mol. The van der Waals surface area contributed by atoms with Crippen LogP contribution in [0.3, 0.4) is 0 Å². The number of ketones is 1. The van der Waals surface area contributed by atoms with Crippen molar-refractivity contribution in [3.8, 4) is 0 Å². The molecule has 1 N–H and O–H groups in total. The van der Waals surface area contributed by atoms with E-state index in [1.807, 2.05) is 6.92 Å². The van der Waals surface area contributed by atoms with Crippen molar-refractivity contribution in [2.75, 3.05) is 5.75 Å². The Morgan fingerprint density at radius 2 is 2.06 bits per heavy atom. The molecule has 4 atom stereocenters. The van der Waals surface area contributed by atoms with Crippen molar-refractivity contribution in [1.29, 1.82) is 0 Å². The highest BCUT2D eigenvalue weighted by Crippen LogP contribution is 2.66. The molecule has 16 heavy (non-hydrogen) atoms. The molecule has 92 valence electrons. The molecule has 0 aromatic heterocycles. The molecule has 0 saturated heterocycles. The Bertz CT molecular complexity index is 446. The van der Waals surface area contributed by atoms with E-state index in [9.17, 15) is 13.2 Å². The molecule has 0 amide bonds. The molecule has 0 heterocycles. The Hall–Kier alpha value is 0.0600. The fourth-order valence-corrected chi connectivity index (χ4v) is 5.93. The maximum absolute atomic E-state index is 12.0. The Kier molecular flexibility index (Phi) is 2.58. The maximum Gasteiger partial charge on any atom is 0.265 e. The number of hydrogen-bond donors (Lipinski definition) is 1. The van der Waals surface area contributed by atoms with Crippen LogP contribution in [0, 0.1) is 16.7 Å². The fourth-order valence-electron chi connectivity index (χ4n) is 3.41. The largest absolute Gasteiger partial charge is 0.299 e.